The fourth-order valence-electron chi connectivity index (χ4n) is 2.95. The minimum absolute atomic E-state index is 0.112. The van der Waals surface area contributed by atoms with E-state index in [4.69, 9.17) is 0 Å². The highest BCUT2D eigenvalue weighted by atomic mass is 19.1. The first-order valence-corrected chi connectivity index (χ1v) is 6.17. The molecule has 88 valence electrons. The minimum atomic E-state index is -0.112. The Bertz CT molecular complexity index is 337. The fourth-order valence-corrected chi connectivity index (χ4v) is 2.95. The van der Waals surface area contributed by atoms with E-state index in [1.54, 1.807) is 6.07 Å². The van der Waals surface area contributed by atoms with Gasteiger partial charge in [-0.2, -0.15) is 0 Å². The topological polar surface area (TPSA) is 12.0 Å². The van der Waals surface area contributed by atoms with Crippen molar-refractivity contribution in [2.24, 2.45) is 0 Å². The molecule has 0 aromatic heterocycles. The van der Waals surface area contributed by atoms with Gasteiger partial charge in [-0.05, 0) is 37.6 Å². The number of hydrogen-bond acceptors (Lipinski definition) is 1. The van der Waals surface area contributed by atoms with E-state index in [-0.39, 0.29) is 11.2 Å². The lowest BCUT2D eigenvalue weighted by Crippen LogP contribution is -2.38. The van der Waals surface area contributed by atoms with Crippen molar-refractivity contribution in [1.82, 2.24) is 5.32 Å². The van der Waals surface area contributed by atoms with Crippen molar-refractivity contribution >= 4 is 0 Å². The molecule has 1 aliphatic rings. The Morgan fingerprint density at radius 2 is 2.00 bits per heavy atom. The van der Waals surface area contributed by atoms with Gasteiger partial charge in [0.25, 0.3) is 0 Å². The molecule has 2 rings (SSSR count). The first kappa shape index (κ1) is 11.6. The van der Waals surface area contributed by atoms with Crippen LogP contribution in [0.25, 0.3) is 0 Å². The van der Waals surface area contributed by atoms with Crippen molar-refractivity contribution in [1.29, 1.82) is 0 Å². The van der Waals surface area contributed by atoms with Crippen LogP contribution in [0.3, 0.4) is 0 Å². The zero-order valence-electron chi connectivity index (χ0n) is 9.93. The highest BCUT2D eigenvalue weighted by Crippen LogP contribution is 2.39. The monoisotopic (exact) mass is 221 g/mol. The number of benzene rings is 1. The van der Waals surface area contributed by atoms with E-state index in [1.165, 1.54) is 43.7 Å². The van der Waals surface area contributed by atoms with Gasteiger partial charge in [-0.25, -0.2) is 4.39 Å². The van der Waals surface area contributed by atoms with Crippen molar-refractivity contribution in [2.45, 2.75) is 37.5 Å². The second kappa shape index (κ2) is 4.96. The molecule has 1 saturated carbocycles. The summed E-state index contributed by atoms with van der Waals surface area (Å²) in [4.78, 5) is 0. The van der Waals surface area contributed by atoms with E-state index < -0.39 is 0 Å². The van der Waals surface area contributed by atoms with E-state index in [2.05, 4.69) is 11.4 Å². The van der Waals surface area contributed by atoms with Crippen LogP contribution in [0.2, 0.25) is 0 Å². The lowest BCUT2D eigenvalue weighted by atomic mass is 9.69. The van der Waals surface area contributed by atoms with Crippen molar-refractivity contribution in [2.75, 3.05) is 13.6 Å². The molecule has 1 N–H and O–H groups in total. The van der Waals surface area contributed by atoms with Gasteiger partial charge in [0.1, 0.15) is 5.82 Å². The Morgan fingerprint density at radius 3 is 2.62 bits per heavy atom. The lowest BCUT2D eigenvalue weighted by molar-refractivity contribution is 0.285. The van der Waals surface area contributed by atoms with Crippen LogP contribution >= 0.6 is 0 Å². The van der Waals surface area contributed by atoms with Gasteiger partial charge in [-0.15, -0.1) is 0 Å². The van der Waals surface area contributed by atoms with E-state index in [9.17, 15) is 4.39 Å². The Balaban J connectivity index is 2.30. The molecule has 0 amide bonds. The molecule has 1 aromatic rings. The summed E-state index contributed by atoms with van der Waals surface area (Å²) in [6.45, 7) is 0.955. The third kappa shape index (κ3) is 2.27. The normalized spacial score (nSPS) is 19.6. The molecule has 0 unspecified atom stereocenters. The summed E-state index contributed by atoms with van der Waals surface area (Å²) in [6.07, 6.45) is 6.20. The Labute approximate surface area is 97.1 Å². The Hall–Kier alpha value is -0.890. The molecule has 0 heterocycles. The molecule has 0 saturated heterocycles. The summed E-state index contributed by atoms with van der Waals surface area (Å²) in [5.41, 5.74) is 1.33. The van der Waals surface area contributed by atoms with Crippen LogP contribution in [0.5, 0.6) is 0 Å². The third-order valence-electron chi connectivity index (χ3n) is 3.76. The van der Waals surface area contributed by atoms with Crippen LogP contribution in [0, 0.1) is 5.82 Å². The molecular formula is C14H20FN. The van der Waals surface area contributed by atoms with Crippen LogP contribution in [0.15, 0.2) is 24.3 Å². The van der Waals surface area contributed by atoms with Gasteiger partial charge in [0.15, 0.2) is 0 Å². The molecule has 1 aliphatic carbocycles. The van der Waals surface area contributed by atoms with Crippen molar-refractivity contribution in [3.8, 4) is 0 Å². The number of hydrogen-bond donors (Lipinski definition) is 1. The van der Waals surface area contributed by atoms with Crippen LogP contribution in [0.4, 0.5) is 4.39 Å². The summed E-state index contributed by atoms with van der Waals surface area (Å²) in [6, 6.07) is 7.14. The maximum atomic E-state index is 13.3. The highest BCUT2D eigenvalue weighted by Gasteiger charge is 2.33. The van der Waals surface area contributed by atoms with Crippen molar-refractivity contribution in [3.63, 3.8) is 0 Å². The minimum Gasteiger partial charge on any atom is -0.319 e. The molecule has 2 heteroatoms. The van der Waals surface area contributed by atoms with Crippen LogP contribution in [-0.4, -0.2) is 13.6 Å². The summed E-state index contributed by atoms with van der Waals surface area (Å²) < 4.78 is 13.3. The van der Waals surface area contributed by atoms with Crippen LogP contribution < -0.4 is 5.32 Å². The van der Waals surface area contributed by atoms with Crippen molar-refractivity contribution in [3.05, 3.63) is 35.6 Å². The first-order chi connectivity index (χ1) is 7.77. The first-order valence-electron chi connectivity index (χ1n) is 6.17. The molecule has 1 aromatic carbocycles. The van der Waals surface area contributed by atoms with E-state index in [0.29, 0.717) is 0 Å². The second-order valence-corrected chi connectivity index (χ2v) is 4.88. The summed E-state index contributed by atoms with van der Waals surface area (Å²) in [7, 11) is 1.98. The Kier molecular flexibility index (Phi) is 3.59. The van der Waals surface area contributed by atoms with Crippen LogP contribution in [-0.2, 0) is 5.41 Å². The predicted molar refractivity (Wildman–Crippen MR) is 65.1 cm³/mol. The molecule has 0 spiro atoms. The average molecular weight is 221 g/mol. The summed E-state index contributed by atoms with van der Waals surface area (Å²) >= 11 is 0. The van der Waals surface area contributed by atoms with Gasteiger partial charge in [0.2, 0.25) is 0 Å². The Morgan fingerprint density at radius 1 is 1.25 bits per heavy atom. The third-order valence-corrected chi connectivity index (χ3v) is 3.76. The fraction of sp³-hybridized carbons (Fsp3) is 0.571. The molecule has 16 heavy (non-hydrogen) atoms. The quantitative estimate of drug-likeness (QED) is 0.826. The van der Waals surface area contributed by atoms with Gasteiger partial charge < -0.3 is 5.32 Å². The maximum absolute atomic E-state index is 13.3. The maximum Gasteiger partial charge on any atom is 0.123 e. The zero-order valence-corrected chi connectivity index (χ0v) is 9.93. The van der Waals surface area contributed by atoms with Gasteiger partial charge in [-0.1, -0.05) is 31.4 Å². The smallest absolute Gasteiger partial charge is 0.123 e. The lowest BCUT2D eigenvalue weighted by Gasteiger charge is -2.38. The molecule has 0 bridgehead atoms. The van der Waals surface area contributed by atoms with E-state index in [0.717, 1.165) is 6.54 Å². The highest BCUT2D eigenvalue weighted by molar-refractivity contribution is 5.27. The van der Waals surface area contributed by atoms with Crippen LogP contribution in [0.1, 0.15) is 37.7 Å². The SMILES string of the molecule is CNCC1(c2cccc(F)c2)CCCCC1. The zero-order chi connectivity index (χ0) is 11.4. The number of rotatable bonds is 3. The van der Waals surface area contributed by atoms with Gasteiger partial charge >= 0.3 is 0 Å². The molecule has 1 fully saturated rings. The molecular weight excluding hydrogens is 201 g/mol. The summed E-state index contributed by atoms with van der Waals surface area (Å²) in [5.74, 6) is -0.112. The van der Waals surface area contributed by atoms with Gasteiger partial charge in [0.05, 0.1) is 0 Å². The largest absolute Gasteiger partial charge is 0.319 e. The number of nitrogens with one attached hydrogen (secondary N) is 1. The molecule has 0 aliphatic heterocycles. The molecule has 1 nitrogen and oxygen atoms in total. The predicted octanol–water partition coefficient (Wildman–Crippen LogP) is 3.25. The van der Waals surface area contributed by atoms with Crippen molar-refractivity contribution < 1.29 is 4.39 Å². The van der Waals surface area contributed by atoms with E-state index >= 15 is 0 Å². The van der Waals surface area contributed by atoms with E-state index in [1.807, 2.05) is 13.1 Å². The molecule has 0 radical (unpaired) electrons. The van der Waals surface area contributed by atoms with Gasteiger partial charge in [0, 0.05) is 12.0 Å². The number of halogens is 1. The molecule has 0 atom stereocenters. The standard InChI is InChI=1S/C14H20FN/c1-16-11-14(8-3-2-4-9-14)12-6-5-7-13(15)10-12/h5-7,10,16H,2-4,8-9,11H2,1H3. The second-order valence-electron chi connectivity index (χ2n) is 4.88. The number of likely N-dealkylation sites (N-methyl/N-ethyl adjacent to an activating group) is 1. The van der Waals surface area contributed by atoms with Gasteiger partial charge in [-0.3, -0.25) is 0 Å². The summed E-state index contributed by atoms with van der Waals surface area (Å²) in [5, 5.41) is 3.27. The average Bonchev–Trinajstić information content (AvgIpc) is 2.31.